The molecule has 0 aliphatic carbocycles. The Bertz CT molecular complexity index is 614. The second-order valence-electron chi connectivity index (χ2n) is 4.48. The topological polar surface area (TPSA) is 68.5 Å². The molecule has 0 fully saturated rings. The van der Waals surface area contributed by atoms with E-state index in [9.17, 15) is 4.79 Å². The first-order chi connectivity index (χ1) is 9.61. The zero-order chi connectivity index (χ0) is 14.5. The van der Waals surface area contributed by atoms with Crippen molar-refractivity contribution in [3.05, 3.63) is 53.9 Å². The van der Waals surface area contributed by atoms with Crippen LogP contribution in [-0.4, -0.2) is 29.9 Å². The lowest BCUT2D eigenvalue weighted by Crippen LogP contribution is -2.26. The van der Waals surface area contributed by atoms with Gasteiger partial charge in [-0.05, 0) is 23.8 Å². The summed E-state index contributed by atoms with van der Waals surface area (Å²) in [5, 5.41) is 0. The minimum absolute atomic E-state index is 0.119. The number of amides is 1. The number of benzene rings is 1. The Labute approximate surface area is 118 Å². The number of anilines is 1. The van der Waals surface area contributed by atoms with Gasteiger partial charge in [0.15, 0.2) is 0 Å². The van der Waals surface area contributed by atoms with E-state index in [-0.39, 0.29) is 5.91 Å². The van der Waals surface area contributed by atoms with Gasteiger partial charge in [-0.3, -0.25) is 9.78 Å². The predicted octanol–water partition coefficient (Wildman–Crippen LogP) is 1.94. The third-order valence-electron chi connectivity index (χ3n) is 2.95. The second kappa shape index (κ2) is 6.06. The van der Waals surface area contributed by atoms with E-state index in [0.717, 1.165) is 5.56 Å². The van der Waals surface area contributed by atoms with Gasteiger partial charge in [0.2, 0.25) is 0 Å². The maximum absolute atomic E-state index is 12.4. The SMILES string of the molecule is COc1cnccc1C(=O)N(C)Cc1cccc(N)c1. The van der Waals surface area contributed by atoms with Crippen LogP contribution in [0.4, 0.5) is 5.69 Å². The Kier molecular flexibility index (Phi) is 4.20. The molecule has 0 aliphatic heterocycles. The molecule has 2 rings (SSSR count). The Morgan fingerprint density at radius 3 is 2.90 bits per heavy atom. The number of nitrogens with zero attached hydrogens (tertiary/aromatic N) is 2. The lowest BCUT2D eigenvalue weighted by molar-refractivity contribution is 0.0781. The summed E-state index contributed by atoms with van der Waals surface area (Å²) in [7, 11) is 3.26. The van der Waals surface area contributed by atoms with Gasteiger partial charge in [-0.1, -0.05) is 12.1 Å². The van der Waals surface area contributed by atoms with Gasteiger partial charge in [0.05, 0.1) is 18.9 Å². The maximum atomic E-state index is 12.4. The molecule has 2 aromatic rings. The van der Waals surface area contributed by atoms with Gasteiger partial charge in [-0.15, -0.1) is 0 Å². The van der Waals surface area contributed by atoms with Crippen LogP contribution in [0.5, 0.6) is 5.75 Å². The molecular weight excluding hydrogens is 254 g/mol. The summed E-state index contributed by atoms with van der Waals surface area (Å²) in [4.78, 5) is 18.0. The minimum atomic E-state index is -0.119. The molecule has 1 amide bonds. The number of methoxy groups -OCH3 is 1. The highest BCUT2D eigenvalue weighted by molar-refractivity contribution is 5.96. The minimum Gasteiger partial charge on any atom is -0.494 e. The summed E-state index contributed by atoms with van der Waals surface area (Å²) in [5.74, 6) is 0.351. The molecule has 0 atom stereocenters. The molecule has 0 spiro atoms. The van der Waals surface area contributed by atoms with E-state index in [1.54, 1.807) is 24.2 Å². The molecule has 20 heavy (non-hydrogen) atoms. The van der Waals surface area contributed by atoms with Gasteiger partial charge in [-0.25, -0.2) is 0 Å². The average molecular weight is 271 g/mol. The number of pyridine rings is 1. The highest BCUT2D eigenvalue weighted by atomic mass is 16.5. The van der Waals surface area contributed by atoms with Crippen LogP contribution in [0, 0.1) is 0 Å². The largest absolute Gasteiger partial charge is 0.494 e. The standard InChI is InChI=1S/C15H17N3O2/c1-18(10-11-4-3-5-12(16)8-11)15(19)13-6-7-17-9-14(13)20-2/h3-9H,10,16H2,1-2H3. The summed E-state index contributed by atoms with van der Waals surface area (Å²) >= 11 is 0. The van der Waals surface area contributed by atoms with Gasteiger partial charge in [0, 0.05) is 25.5 Å². The van der Waals surface area contributed by atoms with Gasteiger partial charge in [0.1, 0.15) is 5.75 Å². The highest BCUT2D eigenvalue weighted by Crippen LogP contribution is 2.18. The molecule has 0 aliphatic rings. The fourth-order valence-corrected chi connectivity index (χ4v) is 1.96. The molecule has 5 nitrogen and oxygen atoms in total. The van der Waals surface area contributed by atoms with Crippen LogP contribution in [0.25, 0.3) is 0 Å². The first-order valence-electron chi connectivity index (χ1n) is 6.19. The summed E-state index contributed by atoms with van der Waals surface area (Å²) in [6.45, 7) is 0.481. The van der Waals surface area contributed by atoms with Crippen LogP contribution in [0.3, 0.4) is 0 Å². The van der Waals surface area contributed by atoms with Crippen molar-refractivity contribution < 1.29 is 9.53 Å². The molecule has 2 N–H and O–H groups in total. The molecule has 0 unspecified atom stereocenters. The molecule has 0 bridgehead atoms. The summed E-state index contributed by atoms with van der Waals surface area (Å²) in [5.41, 5.74) is 7.90. The van der Waals surface area contributed by atoms with Crippen LogP contribution < -0.4 is 10.5 Å². The molecule has 1 aromatic carbocycles. The quantitative estimate of drug-likeness (QED) is 0.863. The van der Waals surface area contributed by atoms with E-state index in [1.165, 1.54) is 13.3 Å². The number of carbonyl (C=O) groups is 1. The van der Waals surface area contributed by atoms with Crippen molar-refractivity contribution in [3.8, 4) is 5.75 Å². The Morgan fingerprint density at radius 2 is 2.20 bits per heavy atom. The van der Waals surface area contributed by atoms with Crippen LogP contribution in [0.2, 0.25) is 0 Å². The van der Waals surface area contributed by atoms with E-state index in [0.29, 0.717) is 23.5 Å². The average Bonchev–Trinajstić information content (AvgIpc) is 2.46. The van der Waals surface area contributed by atoms with E-state index in [2.05, 4.69) is 4.98 Å². The number of nitrogens with two attached hydrogens (primary N) is 1. The van der Waals surface area contributed by atoms with Crippen molar-refractivity contribution in [2.45, 2.75) is 6.54 Å². The van der Waals surface area contributed by atoms with Crippen molar-refractivity contribution in [2.24, 2.45) is 0 Å². The fourth-order valence-electron chi connectivity index (χ4n) is 1.96. The van der Waals surface area contributed by atoms with Gasteiger partial charge in [0.25, 0.3) is 5.91 Å². The summed E-state index contributed by atoms with van der Waals surface area (Å²) < 4.78 is 5.16. The summed E-state index contributed by atoms with van der Waals surface area (Å²) in [6.07, 6.45) is 3.10. The molecule has 1 heterocycles. The van der Waals surface area contributed by atoms with E-state index in [1.807, 2.05) is 24.3 Å². The monoisotopic (exact) mass is 271 g/mol. The number of aromatic nitrogens is 1. The second-order valence-corrected chi connectivity index (χ2v) is 4.48. The molecule has 0 radical (unpaired) electrons. The molecule has 104 valence electrons. The van der Waals surface area contributed by atoms with Gasteiger partial charge < -0.3 is 15.4 Å². The third-order valence-corrected chi connectivity index (χ3v) is 2.95. The highest BCUT2D eigenvalue weighted by Gasteiger charge is 2.16. The smallest absolute Gasteiger partial charge is 0.257 e. The number of nitrogen functional groups attached to an aromatic ring is 1. The summed E-state index contributed by atoms with van der Waals surface area (Å²) in [6, 6.07) is 9.13. The predicted molar refractivity (Wildman–Crippen MR) is 77.4 cm³/mol. The van der Waals surface area contributed by atoms with E-state index < -0.39 is 0 Å². The zero-order valence-electron chi connectivity index (χ0n) is 11.5. The number of ether oxygens (including phenoxy) is 1. The van der Waals surface area contributed by atoms with Crippen molar-refractivity contribution in [1.82, 2.24) is 9.88 Å². The maximum Gasteiger partial charge on any atom is 0.257 e. The molecule has 5 heteroatoms. The van der Waals surface area contributed by atoms with Crippen LogP contribution in [0.1, 0.15) is 15.9 Å². The lowest BCUT2D eigenvalue weighted by atomic mass is 10.1. The van der Waals surface area contributed by atoms with Crippen LogP contribution in [-0.2, 0) is 6.54 Å². The first-order valence-corrected chi connectivity index (χ1v) is 6.19. The Morgan fingerprint density at radius 1 is 1.40 bits per heavy atom. The van der Waals surface area contributed by atoms with Crippen LogP contribution in [0.15, 0.2) is 42.7 Å². The Hall–Kier alpha value is -2.56. The number of hydrogen-bond acceptors (Lipinski definition) is 4. The van der Waals surface area contributed by atoms with Gasteiger partial charge in [-0.2, -0.15) is 0 Å². The molecule has 0 saturated carbocycles. The molecular formula is C15H17N3O2. The van der Waals surface area contributed by atoms with Crippen molar-refractivity contribution in [3.63, 3.8) is 0 Å². The van der Waals surface area contributed by atoms with Crippen molar-refractivity contribution in [1.29, 1.82) is 0 Å². The number of rotatable bonds is 4. The van der Waals surface area contributed by atoms with Crippen LogP contribution >= 0.6 is 0 Å². The first kappa shape index (κ1) is 13.9. The van der Waals surface area contributed by atoms with Crippen molar-refractivity contribution >= 4 is 11.6 Å². The van der Waals surface area contributed by atoms with E-state index in [4.69, 9.17) is 10.5 Å². The lowest BCUT2D eigenvalue weighted by Gasteiger charge is -2.18. The fraction of sp³-hybridized carbons (Fsp3) is 0.200. The van der Waals surface area contributed by atoms with Gasteiger partial charge >= 0.3 is 0 Å². The van der Waals surface area contributed by atoms with E-state index >= 15 is 0 Å². The third kappa shape index (κ3) is 3.06. The zero-order valence-corrected chi connectivity index (χ0v) is 11.5. The molecule has 1 aromatic heterocycles. The number of carbonyl (C=O) groups excluding carboxylic acids is 1. The normalized spacial score (nSPS) is 10.1. The Balaban J connectivity index is 2.16. The van der Waals surface area contributed by atoms with Crippen molar-refractivity contribution in [2.75, 3.05) is 19.9 Å². The number of hydrogen-bond donors (Lipinski definition) is 1. The molecule has 0 saturated heterocycles.